The Labute approximate surface area is 122 Å². The first-order valence-corrected chi connectivity index (χ1v) is 7.41. The Balaban J connectivity index is 2.13. The molecule has 0 amide bonds. The highest BCUT2D eigenvalue weighted by molar-refractivity contribution is 5.60. The molecule has 0 spiro atoms. The molecule has 3 heteroatoms. The van der Waals surface area contributed by atoms with E-state index < -0.39 is 0 Å². The fourth-order valence-electron chi connectivity index (χ4n) is 2.43. The highest BCUT2D eigenvalue weighted by Crippen LogP contribution is 2.30. The van der Waals surface area contributed by atoms with Crippen molar-refractivity contribution in [2.45, 2.75) is 58.2 Å². The number of hydrogen-bond donors (Lipinski definition) is 1. The zero-order valence-electron chi connectivity index (χ0n) is 13.0. The molecule has 108 valence electrons. The van der Waals surface area contributed by atoms with Crippen molar-refractivity contribution in [1.29, 1.82) is 5.26 Å². The van der Waals surface area contributed by atoms with Crippen LogP contribution in [-0.2, 0) is 6.54 Å². The molecule has 0 bridgehead atoms. The Morgan fingerprint density at radius 3 is 2.55 bits per heavy atom. The number of rotatable bonds is 4. The summed E-state index contributed by atoms with van der Waals surface area (Å²) >= 11 is 0. The van der Waals surface area contributed by atoms with Gasteiger partial charge in [-0.3, -0.25) is 0 Å². The summed E-state index contributed by atoms with van der Waals surface area (Å²) in [5, 5.41) is 12.9. The minimum absolute atomic E-state index is 0.0915. The number of nitriles is 1. The second-order valence-electron chi connectivity index (χ2n) is 6.76. The molecule has 20 heavy (non-hydrogen) atoms. The summed E-state index contributed by atoms with van der Waals surface area (Å²) in [7, 11) is 2.10. The number of benzene rings is 1. The monoisotopic (exact) mass is 271 g/mol. The van der Waals surface area contributed by atoms with Gasteiger partial charge in [0.25, 0.3) is 0 Å². The summed E-state index contributed by atoms with van der Waals surface area (Å²) in [6.07, 6.45) is 3.80. The molecule has 0 atom stereocenters. The maximum Gasteiger partial charge on any atom is 0.101 e. The van der Waals surface area contributed by atoms with Gasteiger partial charge >= 0.3 is 0 Å². The molecule has 0 aliphatic heterocycles. The average Bonchev–Trinajstić information content (AvgIpc) is 2.33. The zero-order valence-corrected chi connectivity index (χ0v) is 13.0. The van der Waals surface area contributed by atoms with E-state index in [9.17, 15) is 5.26 Å². The second-order valence-corrected chi connectivity index (χ2v) is 6.76. The summed E-state index contributed by atoms with van der Waals surface area (Å²) in [4.78, 5) is 2.27. The summed E-state index contributed by atoms with van der Waals surface area (Å²) in [5.41, 5.74) is 3.11. The van der Waals surface area contributed by atoms with Gasteiger partial charge in [-0.15, -0.1) is 0 Å². The van der Waals surface area contributed by atoms with Crippen LogP contribution in [0.2, 0.25) is 0 Å². The number of nitrogens with zero attached hydrogens (tertiary/aromatic N) is 2. The fraction of sp³-hybridized carbons (Fsp3) is 0.588. The van der Waals surface area contributed by atoms with Gasteiger partial charge in [-0.05, 0) is 57.7 Å². The van der Waals surface area contributed by atoms with Gasteiger partial charge < -0.3 is 10.2 Å². The zero-order chi connectivity index (χ0) is 14.8. The predicted molar refractivity (Wildman–Crippen MR) is 83.8 cm³/mol. The molecule has 0 saturated heterocycles. The lowest BCUT2D eigenvalue weighted by Crippen LogP contribution is -2.37. The van der Waals surface area contributed by atoms with Crippen LogP contribution in [0.3, 0.4) is 0 Å². The summed E-state index contributed by atoms with van der Waals surface area (Å²) in [6.45, 7) is 7.25. The predicted octanol–water partition coefficient (Wildman–Crippen LogP) is 3.44. The Kier molecular flexibility index (Phi) is 4.35. The second kappa shape index (κ2) is 5.85. The Bertz CT molecular complexity index is 504. The normalized spacial score (nSPS) is 15.6. The van der Waals surface area contributed by atoms with Crippen molar-refractivity contribution in [3.05, 3.63) is 29.3 Å². The number of nitrogens with one attached hydrogen (secondary N) is 1. The van der Waals surface area contributed by atoms with Gasteiger partial charge in [0.05, 0.1) is 11.3 Å². The average molecular weight is 271 g/mol. The van der Waals surface area contributed by atoms with Crippen molar-refractivity contribution < 1.29 is 0 Å². The third-order valence-corrected chi connectivity index (χ3v) is 4.01. The lowest BCUT2D eigenvalue weighted by Gasteiger charge is -2.36. The molecular weight excluding hydrogens is 246 g/mol. The van der Waals surface area contributed by atoms with Gasteiger partial charge in [0.1, 0.15) is 6.07 Å². The van der Waals surface area contributed by atoms with Crippen LogP contribution in [0.4, 0.5) is 5.69 Å². The molecular formula is C17H25N3. The molecule has 1 aromatic carbocycles. The molecule has 3 nitrogen and oxygen atoms in total. The van der Waals surface area contributed by atoms with Gasteiger partial charge in [0, 0.05) is 25.2 Å². The first kappa shape index (κ1) is 14.9. The van der Waals surface area contributed by atoms with Crippen molar-refractivity contribution in [2.24, 2.45) is 0 Å². The Hall–Kier alpha value is -1.53. The summed E-state index contributed by atoms with van der Waals surface area (Å²) < 4.78 is 0. The molecule has 2 rings (SSSR count). The largest absolute Gasteiger partial charge is 0.371 e. The SMILES string of the molecule is CN(c1ccc(CNC(C)(C)C)cc1C#N)C1CCC1. The molecule has 0 radical (unpaired) electrons. The maximum atomic E-state index is 9.40. The molecule has 1 aromatic rings. The van der Waals surface area contributed by atoms with Crippen molar-refractivity contribution in [3.63, 3.8) is 0 Å². The van der Waals surface area contributed by atoms with Crippen LogP contribution in [-0.4, -0.2) is 18.6 Å². The lowest BCUT2D eigenvalue weighted by molar-refractivity contribution is 0.401. The summed E-state index contributed by atoms with van der Waals surface area (Å²) in [6, 6.07) is 9.20. The maximum absolute atomic E-state index is 9.40. The molecule has 1 N–H and O–H groups in total. The van der Waals surface area contributed by atoms with E-state index in [4.69, 9.17) is 0 Å². The standard InChI is InChI=1S/C17H25N3/c1-17(2,3)19-12-13-8-9-16(14(10-13)11-18)20(4)15-6-5-7-15/h8-10,15,19H,5-7,12H2,1-4H3. The van der Waals surface area contributed by atoms with Crippen LogP contribution in [0, 0.1) is 11.3 Å². The van der Waals surface area contributed by atoms with E-state index in [1.54, 1.807) is 0 Å². The molecule has 1 saturated carbocycles. The van der Waals surface area contributed by atoms with Gasteiger partial charge in [-0.25, -0.2) is 0 Å². The van der Waals surface area contributed by atoms with Crippen LogP contribution >= 0.6 is 0 Å². The van der Waals surface area contributed by atoms with Crippen molar-refractivity contribution in [3.8, 4) is 6.07 Å². The smallest absolute Gasteiger partial charge is 0.101 e. The van der Waals surface area contributed by atoms with E-state index in [1.807, 2.05) is 6.07 Å². The van der Waals surface area contributed by atoms with Crippen LogP contribution in [0.25, 0.3) is 0 Å². The van der Waals surface area contributed by atoms with Crippen molar-refractivity contribution in [2.75, 3.05) is 11.9 Å². The third kappa shape index (κ3) is 3.52. The highest BCUT2D eigenvalue weighted by atomic mass is 15.1. The minimum Gasteiger partial charge on any atom is -0.371 e. The van der Waals surface area contributed by atoms with Gasteiger partial charge in [0.15, 0.2) is 0 Å². The molecule has 1 fully saturated rings. The van der Waals surface area contributed by atoms with E-state index in [1.165, 1.54) is 24.8 Å². The van der Waals surface area contributed by atoms with E-state index in [-0.39, 0.29) is 5.54 Å². The van der Waals surface area contributed by atoms with Crippen molar-refractivity contribution in [1.82, 2.24) is 5.32 Å². The van der Waals surface area contributed by atoms with Gasteiger partial charge in [-0.1, -0.05) is 6.07 Å². The minimum atomic E-state index is 0.0915. The first-order chi connectivity index (χ1) is 9.40. The fourth-order valence-corrected chi connectivity index (χ4v) is 2.43. The number of hydrogen-bond acceptors (Lipinski definition) is 3. The van der Waals surface area contributed by atoms with E-state index in [0.29, 0.717) is 6.04 Å². The quantitative estimate of drug-likeness (QED) is 0.912. The summed E-state index contributed by atoms with van der Waals surface area (Å²) in [5.74, 6) is 0. The topological polar surface area (TPSA) is 39.1 Å². The lowest BCUT2D eigenvalue weighted by atomic mass is 9.91. The molecule has 0 aromatic heterocycles. The third-order valence-electron chi connectivity index (χ3n) is 4.01. The van der Waals surface area contributed by atoms with E-state index >= 15 is 0 Å². The van der Waals surface area contributed by atoms with Crippen LogP contribution < -0.4 is 10.2 Å². The molecule has 0 heterocycles. The van der Waals surface area contributed by atoms with Crippen molar-refractivity contribution >= 4 is 5.69 Å². The van der Waals surface area contributed by atoms with Gasteiger partial charge in [0.2, 0.25) is 0 Å². The molecule has 1 aliphatic carbocycles. The van der Waals surface area contributed by atoms with E-state index in [2.05, 4.69) is 56.2 Å². The molecule has 1 aliphatic rings. The van der Waals surface area contributed by atoms with E-state index in [0.717, 1.165) is 17.8 Å². The Morgan fingerprint density at radius 1 is 1.35 bits per heavy atom. The van der Waals surface area contributed by atoms with Gasteiger partial charge in [-0.2, -0.15) is 5.26 Å². The highest BCUT2D eigenvalue weighted by Gasteiger charge is 2.23. The Morgan fingerprint density at radius 2 is 2.05 bits per heavy atom. The van der Waals surface area contributed by atoms with Crippen LogP contribution in [0.15, 0.2) is 18.2 Å². The number of anilines is 1. The van der Waals surface area contributed by atoms with Crippen LogP contribution in [0.5, 0.6) is 0 Å². The van der Waals surface area contributed by atoms with Crippen LogP contribution in [0.1, 0.15) is 51.2 Å². The molecule has 0 unspecified atom stereocenters. The first-order valence-electron chi connectivity index (χ1n) is 7.41.